The molecule has 4 atom stereocenters. The Morgan fingerprint density at radius 1 is 1.29 bits per heavy atom. The minimum absolute atomic E-state index is 0.0767. The fourth-order valence-electron chi connectivity index (χ4n) is 4.98. The third-order valence-corrected chi connectivity index (χ3v) is 6.81. The number of aliphatic hydroxyl groups excluding tert-OH is 1. The third-order valence-electron chi connectivity index (χ3n) is 6.81. The van der Waals surface area contributed by atoms with Crippen molar-refractivity contribution in [1.29, 1.82) is 0 Å². The number of amides is 1. The quantitative estimate of drug-likeness (QED) is 0.804. The Morgan fingerprint density at radius 2 is 1.92 bits per heavy atom. The van der Waals surface area contributed by atoms with Crippen molar-refractivity contribution in [3.8, 4) is 0 Å². The summed E-state index contributed by atoms with van der Waals surface area (Å²) in [5.74, 6) is 0.797. The van der Waals surface area contributed by atoms with E-state index < -0.39 is 0 Å². The van der Waals surface area contributed by atoms with Gasteiger partial charge >= 0.3 is 0 Å². The molecule has 4 nitrogen and oxygen atoms in total. The van der Waals surface area contributed by atoms with Gasteiger partial charge in [-0.1, -0.05) is 25.5 Å². The van der Waals surface area contributed by atoms with E-state index in [1.807, 2.05) is 11.8 Å². The van der Waals surface area contributed by atoms with E-state index in [0.717, 1.165) is 32.4 Å². The van der Waals surface area contributed by atoms with E-state index in [9.17, 15) is 9.90 Å². The number of allylic oxidation sites excluding steroid dienone is 2. The number of carbonyl (C=O) groups excluding carboxylic acids is 1. The first-order chi connectivity index (χ1) is 11.2. The number of piperidine rings is 1. The minimum atomic E-state index is -0.262. The zero-order chi connectivity index (χ0) is 17.7. The summed E-state index contributed by atoms with van der Waals surface area (Å²) in [4.78, 5) is 15.0. The van der Waals surface area contributed by atoms with Gasteiger partial charge in [-0.05, 0) is 44.9 Å². The lowest BCUT2D eigenvalue weighted by atomic mass is 9.58. The van der Waals surface area contributed by atoms with Gasteiger partial charge < -0.3 is 14.7 Å². The van der Waals surface area contributed by atoms with Crippen LogP contribution in [-0.4, -0.2) is 47.8 Å². The second kappa shape index (κ2) is 6.14. The summed E-state index contributed by atoms with van der Waals surface area (Å²) in [5.41, 5.74) is 1.26. The Labute approximate surface area is 146 Å². The number of likely N-dealkylation sites (tertiary alicyclic amines) is 1. The molecule has 1 spiro atoms. The Morgan fingerprint density at radius 3 is 2.42 bits per heavy atom. The summed E-state index contributed by atoms with van der Waals surface area (Å²) < 4.78 is 5.82. The van der Waals surface area contributed by atoms with Gasteiger partial charge in [0.15, 0.2) is 0 Å². The summed E-state index contributed by atoms with van der Waals surface area (Å²) >= 11 is 0. The Kier molecular flexibility index (Phi) is 4.59. The molecule has 1 aliphatic heterocycles. The van der Waals surface area contributed by atoms with Crippen LogP contribution in [-0.2, 0) is 9.53 Å². The lowest BCUT2D eigenvalue weighted by molar-refractivity contribution is -0.210. The first-order valence-electron chi connectivity index (χ1n) is 9.47. The molecule has 0 aromatic carbocycles. The molecular weight excluding hydrogens is 302 g/mol. The topological polar surface area (TPSA) is 49.8 Å². The van der Waals surface area contributed by atoms with Crippen LogP contribution in [0.4, 0.5) is 0 Å². The Bertz CT molecular complexity index is 525. The molecule has 1 amide bonds. The van der Waals surface area contributed by atoms with Gasteiger partial charge in [0.1, 0.15) is 0 Å². The molecule has 136 valence electrons. The number of nitrogens with zero attached hydrogens (tertiary/aromatic N) is 1. The molecule has 3 rings (SSSR count). The molecule has 1 heterocycles. The van der Waals surface area contributed by atoms with E-state index in [1.165, 1.54) is 5.57 Å². The van der Waals surface area contributed by atoms with Crippen LogP contribution in [0.5, 0.6) is 0 Å². The van der Waals surface area contributed by atoms with Gasteiger partial charge in [-0.25, -0.2) is 0 Å². The van der Waals surface area contributed by atoms with Crippen molar-refractivity contribution in [1.82, 2.24) is 4.90 Å². The predicted octanol–water partition coefficient (Wildman–Crippen LogP) is 3.00. The number of carbonyl (C=O) groups is 1. The fourth-order valence-corrected chi connectivity index (χ4v) is 4.98. The van der Waals surface area contributed by atoms with Crippen LogP contribution in [0.15, 0.2) is 11.6 Å². The van der Waals surface area contributed by atoms with E-state index >= 15 is 0 Å². The largest absolute Gasteiger partial charge is 0.392 e. The maximum atomic E-state index is 13.0. The van der Waals surface area contributed by atoms with Crippen molar-refractivity contribution in [3.05, 3.63) is 11.6 Å². The zero-order valence-corrected chi connectivity index (χ0v) is 15.8. The molecule has 0 aromatic heterocycles. The molecule has 0 radical (unpaired) electrons. The Hall–Kier alpha value is -0.870. The van der Waals surface area contributed by atoms with Crippen molar-refractivity contribution >= 4 is 5.91 Å². The van der Waals surface area contributed by atoms with Crippen LogP contribution in [0, 0.1) is 22.7 Å². The van der Waals surface area contributed by atoms with Gasteiger partial charge in [0.2, 0.25) is 5.91 Å². The van der Waals surface area contributed by atoms with Crippen LogP contribution in [0.2, 0.25) is 0 Å². The van der Waals surface area contributed by atoms with Gasteiger partial charge in [-0.2, -0.15) is 0 Å². The lowest BCUT2D eigenvalue weighted by Gasteiger charge is -2.56. The smallest absolute Gasteiger partial charge is 0.226 e. The van der Waals surface area contributed by atoms with Crippen molar-refractivity contribution in [2.75, 3.05) is 19.7 Å². The molecule has 0 unspecified atom stereocenters. The van der Waals surface area contributed by atoms with E-state index in [4.69, 9.17) is 4.74 Å². The van der Waals surface area contributed by atoms with E-state index in [1.54, 1.807) is 0 Å². The van der Waals surface area contributed by atoms with E-state index in [-0.39, 0.29) is 29.0 Å². The molecule has 24 heavy (non-hydrogen) atoms. The molecule has 2 aliphatic carbocycles. The van der Waals surface area contributed by atoms with Crippen LogP contribution >= 0.6 is 0 Å². The predicted molar refractivity (Wildman–Crippen MR) is 94.5 cm³/mol. The van der Waals surface area contributed by atoms with Crippen LogP contribution < -0.4 is 0 Å². The lowest BCUT2D eigenvalue weighted by Crippen LogP contribution is -2.62. The summed E-state index contributed by atoms with van der Waals surface area (Å²) in [7, 11) is 0. The van der Waals surface area contributed by atoms with Gasteiger partial charge in [0.25, 0.3) is 0 Å². The number of aliphatic hydroxyl groups is 1. The average molecular weight is 335 g/mol. The Balaban J connectivity index is 1.61. The van der Waals surface area contributed by atoms with Crippen LogP contribution in [0.3, 0.4) is 0 Å². The highest BCUT2D eigenvalue weighted by Gasteiger charge is 2.62. The van der Waals surface area contributed by atoms with Crippen molar-refractivity contribution in [2.45, 2.75) is 66.1 Å². The SMILES string of the molecule is CCO[C@@H]1C[C@H](O)C12CCN(C(=O)[C@H]1[C@@H](C=C(C)C)C1(C)C)CC2. The summed E-state index contributed by atoms with van der Waals surface area (Å²) in [6, 6.07) is 0. The zero-order valence-electron chi connectivity index (χ0n) is 15.8. The maximum Gasteiger partial charge on any atom is 0.226 e. The molecule has 3 aliphatic rings. The fraction of sp³-hybridized carbons (Fsp3) is 0.850. The van der Waals surface area contributed by atoms with E-state index in [0.29, 0.717) is 18.4 Å². The first kappa shape index (κ1) is 17.9. The standard InChI is InChI=1S/C20H33NO3/c1-6-24-16-12-15(22)20(16)7-9-21(10-8-20)18(23)17-14(11-13(2)3)19(17,4)5/h11,14-17,22H,6-10,12H2,1-5H3/t14-,15+,16-,17-/m1/s1. The van der Waals surface area contributed by atoms with Gasteiger partial charge in [-0.3, -0.25) is 4.79 Å². The molecule has 1 saturated heterocycles. The highest BCUT2D eigenvalue weighted by atomic mass is 16.5. The van der Waals surface area contributed by atoms with Gasteiger partial charge in [0.05, 0.1) is 18.1 Å². The highest BCUT2D eigenvalue weighted by Crippen LogP contribution is 2.60. The van der Waals surface area contributed by atoms with Crippen molar-refractivity contribution < 1.29 is 14.6 Å². The summed E-state index contributed by atoms with van der Waals surface area (Å²) in [5, 5.41) is 10.3. The van der Waals surface area contributed by atoms with Crippen molar-refractivity contribution in [2.24, 2.45) is 22.7 Å². The third kappa shape index (κ3) is 2.72. The number of hydrogen-bond acceptors (Lipinski definition) is 3. The molecule has 1 N–H and O–H groups in total. The first-order valence-corrected chi connectivity index (χ1v) is 9.47. The summed E-state index contributed by atoms with van der Waals surface area (Å²) in [6.07, 6.45) is 4.65. The molecule has 0 bridgehead atoms. The average Bonchev–Trinajstić information content (AvgIpc) is 3.06. The molecule has 2 saturated carbocycles. The normalized spacial score (nSPS) is 36.2. The maximum absolute atomic E-state index is 13.0. The van der Waals surface area contributed by atoms with Gasteiger partial charge in [0, 0.05) is 31.5 Å². The number of hydrogen-bond donors (Lipinski definition) is 1. The molecule has 3 fully saturated rings. The van der Waals surface area contributed by atoms with E-state index in [2.05, 4.69) is 33.8 Å². The summed E-state index contributed by atoms with van der Waals surface area (Å²) in [6.45, 7) is 12.8. The number of rotatable bonds is 4. The molecular formula is C20H33NO3. The van der Waals surface area contributed by atoms with Crippen LogP contribution in [0.25, 0.3) is 0 Å². The number of ether oxygens (including phenoxy) is 1. The van der Waals surface area contributed by atoms with Gasteiger partial charge in [-0.15, -0.1) is 0 Å². The molecule has 4 heteroatoms. The highest BCUT2D eigenvalue weighted by molar-refractivity contribution is 5.84. The monoisotopic (exact) mass is 335 g/mol. The second-order valence-electron chi connectivity index (χ2n) is 8.82. The second-order valence-corrected chi connectivity index (χ2v) is 8.82. The van der Waals surface area contributed by atoms with Crippen LogP contribution in [0.1, 0.15) is 53.9 Å². The molecule has 0 aromatic rings. The van der Waals surface area contributed by atoms with Crippen molar-refractivity contribution in [3.63, 3.8) is 0 Å². The minimum Gasteiger partial charge on any atom is -0.392 e.